The van der Waals surface area contributed by atoms with E-state index < -0.39 is 0 Å². The Kier molecular flexibility index (Phi) is 6.94. The fraction of sp³-hybridized carbons (Fsp3) is 0.208. The third-order valence-corrected chi connectivity index (χ3v) is 6.09. The summed E-state index contributed by atoms with van der Waals surface area (Å²) in [5, 5.41) is 7.57. The summed E-state index contributed by atoms with van der Waals surface area (Å²) < 4.78 is 0. The van der Waals surface area contributed by atoms with Gasteiger partial charge in [0.1, 0.15) is 0 Å². The number of amides is 3. The molecule has 2 N–H and O–H groups in total. The number of thiophene rings is 1. The number of nitrogens with zero attached hydrogens (tertiary/aromatic N) is 2. The van der Waals surface area contributed by atoms with Crippen LogP contribution in [0.15, 0.2) is 72.1 Å². The Morgan fingerprint density at radius 3 is 2.06 bits per heavy atom. The van der Waals surface area contributed by atoms with Gasteiger partial charge in [-0.2, -0.15) is 0 Å². The first-order valence-electron chi connectivity index (χ1n) is 10.4. The molecule has 0 bridgehead atoms. The minimum Gasteiger partial charge on any atom is -0.336 e. The van der Waals surface area contributed by atoms with Crippen molar-refractivity contribution in [2.45, 2.75) is 0 Å². The molecule has 1 aliphatic heterocycles. The van der Waals surface area contributed by atoms with Crippen molar-refractivity contribution in [2.24, 2.45) is 0 Å². The lowest BCUT2D eigenvalue weighted by molar-refractivity contribution is -0.117. The van der Waals surface area contributed by atoms with Crippen molar-refractivity contribution in [3.63, 3.8) is 0 Å². The molecule has 0 radical (unpaired) electrons. The van der Waals surface area contributed by atoms with Crippen molar-refractivity contribution in [3.8, 4) is 0 Å². The maximum atomic E-state index is 12.5. The molecule has 0 spiro atoms. The summed E-state index contributed by atoms with van der Waals surface area (Å²) in [5.41, 5.74) is 2.02. The van der Waals surface area contributed by atoms with Gasteiger partial charge in [0.05, 0.1) is 11.4 Å². The van der Waals surface area contributed by atoms with Crippen LogP contribution in [0.1, 0.15) is 20.0 Å². The lowest BCUT2D eigenvalue weighted by Crippen LogP contribution is -2.50. The number of nitrogens with one attached hydrogen (secondary N) is 2. The van der Waals surface area contributed by atoms with E-state index in [1.54, 1.807) is 30.3 Å². The minimum atomic E-state index is -0.151. The predicted molar refractivity (Wildman–Crippen MR) is 126 cm³/mol. The second kappa shape index (κ2) is 10.2. The van der Waals surface area contributed by atoms with E-state index in [2.05, 4.69) is 10.6 Å². The highest BCUT2D eigenvalue weighted by atomic mass is 32.1. The summed E-state index contributed by atoms with van der Waals surface area (Å²) in [6.45, 7) is 2.77. The highest BCUT2D eigenvalue weighted by Crippen LogP contribution is 2.17. The van der Waals surface area contributed by atoms with Crippen LogP contribution >= 0.6 is 11.3 Å². The van der Waals surface area contributed by atoms with Crippen molar-refractivity contribution in [1.29, 1.82) is 0 Å². The number of piperazine rings is 1. The van der Waals surface area contributed by atoms with Gasteiger partial charge in [-0.3, -0.25) is 19.3 Å². The average molecular weight is 449 g/mol. The first-order valence-corrected chi connectivity index (χ1v) is 11.3. The number of carbonyl (C=O) groups is 3. The van der Waals surface area contributed by atoms with E-state index in [1.807, 2.05) is 51.6 Å². The van der Waals surface area contributed by atoms with Crippen molar-refractivity contribution >= 4 is 40.4 Å². The highest BCUT2D eigenvalue weighted by molar-refractivity contribution is 7.12. The number of hydrogen-bond donors (Lipinski definition) is 2. The third kappa shape index (κ3) is 5.60. The van der Waals surface area contributed by atoms with Crippen LogP contribution in [0.5, 0.6) is 0 Å². The van der Waals surface area contributed by atoms with Gasteiger partial charge in [0.25, 0.3) is 11.8 Å². The largest absolute Gasteiger partial charge is 0.336 e. The molecule has 1 aliphatic rings. The van der Waals surface area contributed by atoms with E-state index in [1.165, 1.54) is 11.3 Å². The molecule has 0 saturated carbocycles. The van der Waals surface area contributed by atoms with Crippen molar-refractivity contribution < 1.29 is 14.4 Å². The SMILES string of the molecule is O=C(CN1CCN(C(=O)c2ccccc2)CC1)Nc1ccc(NC(=O)c2cccs2)cc1. The summed E-state index contributed by atoms with van der Waals surface area (Å²) >= 11 is 1.38. The fourth-order valence-electron chi connectivity index (χ4n) is 3.51. The summed E-state index contributed by atoms with van der Waals surface area (Å²) in [5.74, 6) is -0.231. The molecule has 32 heavy (non-hydrogen) atoms. The summed E-state index contributed by atoms with van der Waals surface area (Å²) in [7, 11) is 0. The molecule has 4 rings (SSSR count). The molecule has 1 aromatic heterocycles. The Balaban J connectivity index is 1.22. The maximum absolute atomic E-state index is 12.5. The quantitative estimate of drug-likeness (QED) is 0.606. The molecule has 8 heteroatoms. The molecule has 1 saturated heterocycles. The topological polar surface area (TPSA) is 81.8 Å². The highest BCUT2D eigenvalue weighted by Gasteiger charge is 2.23. The van der Waals surface area contributed by atoms with Crippen molar-refractivity contribution in [1.82, 2.24) is 9.80 Å². The Hall–Kier alpha value is -3.49. The van der Waals surface area contributed by atoms with Crippen LogP contribution in [0.3, 0.4) is 0 Å². The number of benzene rings is 2. The Morgan fingerprint density at radius 1 is 0.781 bits per heavy atom. The molecule has 3 aromatic rings. The van der Waals surface area contributed by atoms with Gasteiger partial charge in [0, 0.05) is 43.1 Å². The van der Waals surface area contributed by atoms with E-state index in [0.717, 1.165) is 0 Å². The van der Waals surface area contributed by atoms with Gasteiger partial charge in [0.15, 0.2) is 0 Å². The van der Waals surface area contributed by atoms with Gasteiger partial charge < -0.3 is 15.5 Å². The first kappa shape index (κ1) is 21.7. The van der Waals surface area contributed by atoms with Gasteiger partial charge in [0.2, 0.25) is 5.91 Å². The predicted octanol–water partition coefficient (Wildman–Crippen LogP) is 3.40. The van der Waals surface area contributed by atoms with Gasteiger partial charge in [-0.1, -0.05) is 24.3 Å². The molecule has 3 amide bonds. The molecule has 0 atom stereocenters. The van der Waals surface area contributed by atoms with E-state index in [4.69, 9.17) is 0 Å². The smallest absolute Gasteiger partial charge is 0.265 e. The summed E-state index contributed by atoms with van der Waals surface area (Å²) in [6, 6.07) is 19.9. The van der Waals surface area contributed by atoms with Crippen molar-refractivity contribution in [2.75, 3.05) is 43.4 Å². The Bertz CT molecular complexity index is 1060. The number of rotatable bonds is 6. The van der Waals surface area contributed by atoms with Crippen LogP contribution in [-0.4, -0.2) is 60.2 Å². The fourth-order valence-corrected chi connectivity index (χ4v) is 4.13. The molecule has 164 valence electrons. The van der Waals surface area contributed by atoms with Crippen LogP contribution < -0.4 is 10.6 Å². The van der Waals surface area contributed by atoms with Crippen LogP contribution in [-0.2, 0) is 4.79 Å². The molecule has 2 aromatic carbocycles. The van der Waals surface area contributed by atoms with Gasteiger partial charge in [-0.05, 0) is 47.8 Å². The third-order valence-electron chi connectivity index (χ3n) is 5.22. The molecule has 0 unspecified atom stereocenters. The number of carbonyl (C=O) groups excluding carboxylic acids is 3. The van der Waals surface area contributed by atoms with Gasteiger partial charge in [-0.15, -0.1) is 11.3 Å². The minimum absolute atomic E-state index is 0.0287. The van der Waals surface area contributed by atoms with Crippen LogP contribution in [0.2, 0.25) is 0 Å². The van der Waals surface area contributed by atoms with Crippen LogP contribution in [0.4, 0.5) is 11.4 Å². The zero-order chi connectivity index (χ0) is 22.3. The van der Waals surface area contributed by atoms with Crippen LogP contribution in [0, 0.1) is 0 Å². The van der Waals surface area contributed by atoms with E-state index >= 15 is 0 Å². The van der Waals surface area contributed by atoms with E-state index in [-0.39, 0.29) is 24.3 Å². The second-order valence-electron chi connectivity index (χ2n) is 7.49. The van der Waals surface area contributed by atoms with Crippen LogP contribution in [0.25, 0.3) is 0 Å². The number of anilines is 2. The van der Waals surface area contributed by atoms with Crippen molar-refractivity contribution in [3.05, 3.63) is 82.6 Å². The summed E-state index contributed by atoms with van der Waals surface area (Å²) in [6.07, 6.45) is 0. The lowest BCUT2D eigenvalue weighted by Gasteiger charge is -2.34. The molecule has 0 aliphatic carbocycles. The maximum Gasteiger partial charge on any atom is 0.265 e. The van der Waals surface area contributed by atoms with Gasteiger partial charge in [-0.25, -0.2) is 0 Å². The standard InChI is InChI=1S/C24H24N4O3S/c29-22(17-27-12-14-28(15-13-27)24(31)18-5-2-1-3-6-18)25-19-8-10-20(11-9-19)26-23(30)21-7-4-16-32-21/h1-11,16H,12-15,17H2,(H,25,29)(H,26,30). The second-order valence-corrected chi connectivity index (χ2v) is 8.44. The molecule has 7 nitrogen and oxygen atoms in total. The normalized spacial score (nSPS) is 14.1. The molecule has 1 fully saturated rings. The molecular weight excluding hydrogens is 424 g/mol. The summed E-state index contributed by atoms with van der Waals surface area (Å²) in [4.78, 5) is 41.6. The zero-order valence-electron chi connectivity index (χ0n) is 17.5. The first-order chi connectivity index (χ1) is 15.6. The van der Waals surface area contributed by atoms with Gasteiger partial charge >= 0.3 is 0 Å². The average Bonchev–Trinajstić information content (AvgIpc) is 3.36. The van der Waals surface area contributed by atoms with E-state index in [0.29, 0.717) is 48.0 Å². The monoisotopic (exact) mass is 448 g/mol. The Morgan fingerprint density at radius 2 is 1.44 bits per heavy atom. The van der Waals surface area contributed by atoms with E-state index in [9.17, 15) is 14.4 Å². The number of hydrogen-bond acceptors (Lipinski definition) is 5. The molecule has 2 heterocycles. The lowest BCUT2D eigenvalue weighted by atomic mass is 10.2. The zero-order valence-corrected chi connectivity index (χ0v) is 18.3. The Labute approximate surface area is 190 Å². The molecular formula is C24H24N4O3S.